The normalized spacial score (nSPS) is 16.1. The van der Waals surface area contributed by atoms with E-state index in [1.54, 1.807) is 34.8 Å². The summed E-state index contributed by atoms with van der Waals surface area (Å²) in [5.41, 5.74) is 1.71. The number of carbonyl (C=O) groups is 1. The maximum absolute atomic E-state index is 13.4. The highest BCUT2D eigenvalue weighted by molar-refractivity contribution is 7.10. The quantitative estimate of drug-likeness (QED) is 0.578. The van der Waals surface area contributed by atoms with Crippen LogP contribution in [-0.2, 0) is 6.42 Å². The van der Waals surface area contributed by atoms with E-state index in [1.807, 2.05) is 16.3 Å². The molecule has 27 heavy (non-hydrogen) atoms. The van der Waals surface area contributed by atoms with Gasteiger partial charge in [-0.25, -0.2) is 0 Å². The third kappa shape index (κ3) is 3.22. The molecule has 7 heteroatoms. The first-order valence-electron chi connectivity index (χ1n) is 8.46. The van der Waals surface area contributed by atoms with Gasteiger partial charge in [-0.2, -0.15) is 0 Å². The zero-order valence-corrected chi connectivity index (χ0v) is 17.3. The highest BCUT2D eigenvalue weighted by atomic mass is 35.5. The molecule has 140 valence electrons. The van der Waals surface area contributed by atoms with Gasteiger partial charge in [0.05, 0.1) is 25.3 Å². The van der Waals surface area contributed by atoms with Gasteiger partial charge < -0.3 is 14.4 Å². The van der Waals surface area contributed by atoms with Gasteiger partial charge in [-0.1, -0.05) is 17.7 Å². The van der Waals surface area contributed by atoms with Crippen molar-refractivity contribution >= 4 is 40.2 Å². The van der Waals surface area contributed by atoms with Crippen LogP contribution in [0.15, 0.2) is 41.1 Å². The van der Waals surface area contributed by atoms with Gasteiger partial charge in [0.2, 0.25) is 0 Å². The summed E-state index contributed by atoms with van der Waals surface area (Å²) in [4.78, 5) is 17.9. The molecule has 4 nitrogen and oxygen atoms in total. The van der Waals surface area contributed by atoms with Gasteiger partial charge >= 0.3 is 0 Å². The van der Waals surface area contributed by atoms with E-state index in [0.717, 1.165) is 11.3 Å². The Bertz CT molecular complexity index is 968. The molecule has 0 fully saturated rings. The minimum atomic E-state index is -0.0700. The van der Waals surface area contributed by atoms with Gasteiger partial charge in [-0.15, -0.1) is 22.7 Å². The summed E-state index contributed by atoms with van der Waals surface area (Å²) < 4.78 is 10.6. The monoisotopic (exact) mass is 419 g/mol. The fourth-order valence-corrected chi connectivity index (χ4v) is 5.54. The smallest absolute Gasteiger partial charge is 0.254 e. The van der Waals surface area contributed by atoms with Crippen molar-refractivity contribution in [1.82, 2.24) is 4.90 Å². The van der Waals surface area contributed by atoms with Crippen LogP contribution in [0.5, 0.6) is 11.5 Å². The minimum Gasteiger partial charge on any atom is -0.493 e. The molecule has 0 spiro atoms. The van der Waals surface area contributed by atoms with Crippen LogP contribution in [0.1, 0.15) is 31.7 Å². The number of halogens is 1. The largest absolute Gasteiger partial charge is 0.493 e. The van der Waals surface area contributed by atoms with Gasteiger partial charge in [0.1, 0.15) is 0 Å². The molecule has 1 atom stereocenters. The predicted octanol–water partition coefficient (Wildman–Crippen LogP) is 5.27. The zero-order valence-electron chi connectivity index (χ0n) is 14.9. The number of carbonyl (C=O) groups excluding carboxylic acids is 1. The number of thiophene rings is 2. The molecule has 0 aliphatic carbocycles. The second-order valence-corrected chi connectivity index (χ2v) is 8.55. The number of amides is 1. The summed E-state index contributed by atoms with van der Waals surface area (Å²) in [5.74, 6) is 0.826. The molecule has 1 aromatic carbocycles. The number of ether oxygens (including phenoxy) is 2. The van der Waals surface area contributed by atoms with Gasteiger partial charge in [0.15, 0.2) is 11.5 Å². The molecule has 3 heterocycles. The Morgan fingerprint density at radius 1 is 1.19 bits per heavy atom. The Kier molecular flexibility index (Phi) is 5.12. The third-order valence-electron chi connectivity index (χ3n) is 4.72. The second kappa shape index (κ2) is 7.54. The van der Waals surface area contributed by atoms with Gasteiger partial charge in [-0.05, 0) is 47.0 Å². The maximum atomic E-state index is 13.4. The molecule has 2 aromatic heterocycles. The average Bonchev–Trinajstić information content (AvgIpc) is 3.37. The lowest BCUT2D eigenvalue weighted by molar-refractivity contribution is 0.0698. The Balaban J connectivity index is 1.76. The number of nitrogens with zero attached hydrogens (tertiary/aromatic N) is 1. The van der Waals surface area contributed by atoms with E-state index in [4.69, 9.17) is 21.1 Å². The summed E-state index contributed by atoms with van der Waals surface area (Å²) in [6.07, 6.45) is 0.863. The zero-order chi connectivity index (χ0) is 19.0. The van der Waals surface area contributed by atoms with E-state index in [1.165, 1.54) is 24.7 Å². The standard InChI is InChI=1S/C20H18ClNO3S2/c1-24-15-11-12(10-14(21)19(15)25-2)20(23)22-7-5-16-13(6-9-27-16)18(22)17-4-3-8-26-17/h3-4,6,8-11,18H,5,7H2,1-2H3. The highest BCUT2D eigenvalue weighted by Crippen LogP contribution is 2.41. The van der Waals surface area contributed by atoms with E-state index in [0.29, 0.717) is 28.6 Å². The van der Waals surface area contributed by atoms with Crippen molar-refractivity contribution < 1.29 is 14.3 Å². The SMILES string of the molecule is COc1cc(C(=O)N2CCc3sccc3C2c2cccs2)cc(Cl)c1OC. The Morgan fingerprint density at radius 2 is 2.04 bits per heavy atom. The molecule has 1 unspecified atom stereocenters. The minimum absolute atomic E-state index is 0.0619. The van der Waals surface area contributed by atoms with Gasteiger partial charge in [-0.3, -0.25) is 4.79 Å². The summed E-state index contributed by atoms with van der Waals surface area (Å²) in [5, 5.41) is 4.51. The molecule has 0 N–H and O–H groups in total. The van der Waals surface area contributed by atoms with Crippen molar-refractivity contribution in [3.05, 3.63) is 67.0 Å². The summed E-state index contributed by atoms with van der Waals surface area (Å²) >= 11 is 9.75. The molecule has 0 saturated carbocycles. The highest BCUT2D eigenvalue weighted by Gasteiger charge is 2.34. The topological polar surface area (TPSA) is 38.8 Å². The van der Waals surface area contributed by atoms with Gasteiger partial charge in [0.25, 0.3) is 5.91 Å². The molecule has 4 rings (SSSR count). The second-order valence-electron chi connectivity index (χ2n) is 6.16. The first-order valence-corrected chi connectivity index (χ1v) is 10.6. The number of fused-ring (bicyclic) bond motifs is 1. The van der Waals surface area contributed by atoms with Crippen molar-refractivity contribution in [2.45, 2.75) is 12.5 Å². The molecular weight excluding hydrogens is 402 g/mol. The Hall–Kier alpha value is -2.02. The molecule has 1 amide bonds. The fourth-order valence-electron chi connectivity index (χ4n) is 3.50. The number of hydrogen-bond donors (Lipinski definition) is 0. The molecule has 3 aromatic rings. The van der Waals surface area contributed by atoms with Crippen LogP contribution in [0.3, 0.4) is 0 Å². The Labute approximate surface area is 170 Å². The number of hydrogen-bond acceptors (Lipinski definition) is 5. The van der Waals surface area contributed by atoms with Gasteiger partial charge in [0, 0.05) is 21.9 Å². The summed E-state index contributed by atoms with van der Waals surface area (Å²) in [6.45, 7) is 0.668. The first kappa shape index (κ1) is 18.3. The third-order valence-corrected chi connectivity index (χ3v) is 6.92. The molecule has 1 aliphatic rings. The maximum Gasteiger partial charge on any atom is 0.254 e. The first-order chi connectivity index (χ1) is 13.1. The van der Waals surface area contributed by atoms with Crippen LogP contribution in [-0.4, -0.2) is 31.6 Å². The number of rotatable bonds is 4. The Morgan fingerprint density at radius 3 is 2.74 bits per heavy atom. The number of methoxy groups -OCH3 is 2. The number of benzene rings is 1. The van der Waals surface area contributed by atoms with Crippen LogP contribution in [0.2, 0.25) is 5.02 Å². The van der Waals surface area contributed by atoms with E-state index >= 15 is 0 Å². The van der Waals surface area contributed by atoms with Crippen molar-refractivity contribution in [3.8, 4) is 11.5 Å². The lowest BCUT2D eigenvalue weighted by Gasteiger charge is -2.35. The summed E-state index contributed by atoms with van der Waals surface area (Å²) in [7, 11) is 3.07. The predicted molar refractivity (Wildman–Crippen MR) is 110 cm³/mol. The van der Waals surface area contributed by atoms with Crippen molar-refractivity contribution in [3.63, 3.8) is 0 Å². The average molecular weight is 420 g/mol. The molecule has 0 saturated heterocycles. The van der Waals surface area contributed by atoms with Crippen LogP contribution in [0, 0.1) is 0 Å². The van der Waals surface area contributed by atoms with Crippen molar-refractivity contribution in [2.75, 3.05) is 20.8 Å². The fraction of sp³-hybridized carbons (Fsp3) is 0.250. The van der Waals surface area contributed by atoms with Crippen molar-refractivity contribution in [1.29, 1.82) is 0 Å². The lowest BCUT2D eigenvalue weighted by Crippen LogP contribution is -2.39. The van der Waals surface area contributed by atoms with Crippen molar-refractivity contribution in [2.24, 2.45) is 0 Å². The summed E-state index contributed by atoms with van der Waals surface area (Å²) in [6, 6.07) is 9.52. The van der Waals surface area contributed by atoms with E-state index in [2.05, 4.69) is 17.5 Å². The van der Waals surface area contributed by atoms with E-state index in [9.17, 15) is 4.79 Å². The molecular formula is C20H18ClNO3S2. The molecule has 0 bridgehead atoms. The molecule has 0 radical (unpaired) electrons. The van der Waals surface area contributed by atoms with E-state index < -0.39 is 0 Å². The lowest BCUT2D eigenvalue weighted by atomic mass is 9.97. The van der Waals surface area contributed by atoms with Crippen LogP contribution < -0.4 is 9.47 Å². The van der Waals surface area contributed by atoms with Crippen LogP contribution in [0.25, 0.3) is 0 Å². The molecule has 1 aliphatic heterocycles. The van der Waals surface area contributed by atoms with E-state index in [-0.39, 0.29) is 11.9 Å². The van der Waals surface area contributed by atoms with Crippen LogP contribution >= 0.6 is 34.3 Å². The van der Waals surface area contributed by atoms with Crippen LogP contribution in [0.4, 0.5) is 0 Å².